The summed E-state index contributed by atoms with van der Waals surface area (Å²) in [4.78, 5) is 59.3. The molecule has 9 atom stereocenters. The Kier molecular flexibility index (Phi) is 9.60. The monoisotopic (exact) mass is 607 g/mol. The molecule has 0 radical (unpaired) electrons. The summed E-state index contributed by atoms with van der Waals surface area (Å²) in [5.74, 6) is -3.54. The van der Waals surface area contributed by atoms with Crippen molar-refractivity contribution in [2.45, 2.75) is 102 Å². The van der Waals surface area contributed by atoms with Crippen molar-refractivity contribution in [1.82, 2.24) is 15.1 Å². The van der Waals surface area contributed by atoms with E-state index in [9.17, 15) is 24.3 Å². The van der Waals surface area contributed by atoms with E-state index < -0.39 is 59.6 Å². The second-order valence-electron chi connectivity index (χ2n) is 12.5. The van der Waals surface area contributed by atoms with E-state index in [1.807, 2.05) is 50.3 Å². The fourth-order valence-electron chi connectivity index (χ4n) is 7.44. The highest BCUT2D eigenvalue weighted by molar-refractivity contribution is 5.99. The minimum Gasteiger partial charge on any atom is -0.455 e. The van der Waals surface area contributed by atoms with E-state index in [4.69, 9.17) is 9.47 Å². The molecule has 1 aromatic carbocycles. The largest absolute Gasteiger partial charge is 0.455 e. The first-order valence-electron chi connectivity index (χ1n) is 16.0. The van der Waals surface area contributed by atoms with Crippen LogP contribution in [0.25, 0.3) is 0 Å². The van der Waals surface area contributed by atoms with Crippen LogP contribution in [0.1, 0.15) is 71.5 Å². The Hall–Kier alpha value is -3.50. The molecule has 1 spiro atoms. The third-order valence-electron chi connectivity index (χ3n) is 9.63. The number of aliphatic hydroxyl groups excluding tert-OH is 1. The fraction of sp³-hybridized carbons (Fsp3) is 0.588. The van der Waals surface area contributed by atoms with Gasteiger partial charge in [0.1, 0.15) is 23.7 Å². The number of carbonyl (C=O) groups is 4. The quantitative estimate of drug-likeness (QED) is 0.361. The van der Waals surface area contributed by atoms with E-state index in [0.29, 0.717) is 24.9 Å². The molecule has 0 aromatic heterocycles. The average Bonchev–Trinajstić information content (AvgIpc) is 3.39. The predicted octanol–water partition coefficient (Wildman–Crippen LogP) is 3.06. The third kappa shape index (κ3) is 5.58. The predicted molar refractivity (Wildman–Crippen MR) is 163 cm³/mol. The van der Waals surface area contributed by atoms with Crippen LogP contribution in [0, 0.1) is 11.8 Å². The Morgan fingerprint density at radius 1 is 1.09 bits per heavy atom. The molecule has 1 unspecified atom stereocenters. The zero-order valence-corrected chi connectivity index (χ0v) is 26.1. The maximum Gasteiger partial charge on any atom is 0.313 e. The summed E-state index contributed by atoms with van der Waals surface area (Å²) >= 11 is 0. The Morgan fingerprint density at radius 3 is 2.52 bits per heavy atom. The molecular formula is C34H45N3O7. The summed E-state index contributed by atoms with van der Waals surface area (Å²) in [5.41, 5.74) is -0.724. The van der Waals surface area contributed by atoms with Crippen LogP contribution < -0.4 is 5.32 Å². The second-order valence-corrected chi connectivity index (χ2v) is 12.5. The molecule has 238 valence electrons. The molecule has 2 N–H and O–H groups in total. The molecular weight excluding hydrogens is 562 g/mol. The zero-order valence-electron chi connectivity index (χ0n) is 26.1. The van der Waals surface area contributed by atoms with Gasteiger partial charge in [-0.3, -0.25) is 19.2 Å². The Labute approximate surface area is 259 Å². The number of ether oxygens (including phenoxy) is 2. The normalized spacial score (nSPS) is 34.5. The summed E-state index contributed by atoms with van der Waals surface area (Å²) in [7, 11) is 0. The van der Waals surface area contributed by atoms with Gasteiger partial charge in [0.25, 0.3) is 0 Å². The van der Waals surface area contributed by atoms with Gasteiger partial charge in [-0.2, -0.15) is 0 Å². The molecule has 1 aromatic rings. The smallest absolute Gasteiger partial charge is 0.313 e. The Bertz CT molecular complexity index is 1290. The first-order chi connectivity index (χ1) is 21.2. The molecule has 2 fully saturated rings. The molecule has 4 aliphatic heterocycles. The lowest BCUT2D eigenvalue weighted by Gasteiger charge is -2.39. The van der Waals surface area contributed by atoms with Crippen molar-refractivity contribution in [2.24, 2.45) is 11.8 Å². The van der Waals surface area contributed by atoms with Crippen molar-refractivity contribution >= 4 is 23.7 Å². The lowest BCUT2D eigenvalue weighted by atomic mass is 9.77. The van der Waals surface area contributed by atoms with Gasteiger partial charge in [-0.15, -0.1) is 0 Å². The Morgan fingerprint density at radius 2 is 1.84 bits per heavy atom. The van der Waals surface area contributed by atoms with Gasteiger partial charge in [0.2, 0.25) is 17.7 Å². The van der Waals surface area contributed by atoms with Gasteiger partial charge in [-0.25, -0.2) is 0 Å². The molecule has 10 nitrogen and oxygen atoms in total. The van der Waals surface area contributed by atoms with Crippen molar-refractivity contribution in [3.63, 3.8) is 0 Å². The van der Waals surface area contributed by atoms with Gasteiger partial charge in [-0.05, 0) is 38.7 Å². The number of nitrogens with one attached hydrogen (secondary N) is 1. The summed E-state index contributed by atoms with van der Waals surface area (Å²) in [5, 5.41) is 13.3. The molecule has 44 heavy (non-hydrogen) atoms. The Balaban J connectivity index is 1.62. The molecule has 0 bridgehead atoms. The van der Waals surface area contributed by atoms with E-state index in [0.717, 1.165) is 12.8 Å². The number of benzene rings is 1. The van der Waals surface area contributed by atoms with Crippen LogP contribution in [0.5, 0.6) is 0 Å². The van der Waals surface area contributed by atoms with Crippen LogP contribution in [0.4, 0.5) is 0 Å². The molecule has 4 heterocycles. The number of amides is 3. The number of rotatable bonds is 7. The highest BCUT2D eigenvalue weighted by Crippen LogP contribution is 2.54. The summed E-state index contributed by atoms with van der Waals surface area (Å²) in [6.07, 6.45) is 8.27. The van der Waals surface area contributed by atoms with E-state index in [-0.39, 0.29) is 30.9 Å². The van der Waals surface area contributed by atoms with Gasteiger partial charge in [-0.1, -0.05) is 74.9 Å². The average molecular weight is 608 g/mol. The van der Waals surface area contributed by atoms with Crippen molar-refractivity contribution < 1.29 is 33.8 Å². The molecule has 0 aliphatic carbocycles. The lowest BCUT2D eigenvalue weighted by molar-refractivity contribution is -0.162. The maximum absolute atomic E-state index is 14.5. The van der Waals surface area contributed by atoms with Crippen molar-refractivity contribution in [1.29, 1.82) is 0 Å². The molecule has 4 aliphatic rings. The van der Waals surface area contributed by atoms with Gasteiger partial charge < -0.3 is 29.7 Å². The van der Waals surface area contributed by atoms with Crippen LogP contribution in [0.2, 0.25) is 0 Å². The zero-order chi connectivity index (χ0) is 31.6. The number of allylic oxidation sites excluding steroid dienone is 1. The summed E-state index contributed by atoms with van der Waals surface area (Å²) in [6, 6.07) is 6.91. The number of nitrogens with zero attached hydrogens (tertiary/aromatic N) is 2. The van der Waals surface area contributed by atoms with Crippen LogP contribution >= 0.6 is 0 Å². The van der Waals surface area contributed by atoms with Gasteiger partial charge >= 0.3 is 5.97 Å². The van der Waals surface area contributed by atoms with E-state index >= 15 is 0 Å². The van der Waals surface area contributed by atoms with Crippen LogP contribution in [-0.2, 0) is 28.7 Å². The van der Waals surface area contributed by atoms with Crippen molar-refractivity contribution in [3.05, 3.63) is 60.2 Å². The summed E-state index contributed by atoms with van der Waals surface area (Å²) < 4.78 is 13.0. The standard InChI is InChI=1S/C34H45N3O7/c1-5-13-21(3)36-19-12-18-34-28(31(40)37(24(6-2)20-38)30(34)32(36)41)27-25(44-34)16-10-11-17-26(39)35-22(4)29(43-33(27)42)23-14-8-7-9-15-23/h7-10,12,14-16,18,21-22,24-25,27-30,38H,5-6,11,13,17,19-20H2,1-4H3,(H,35,39)/b16-10-/t21?,22-,24+,25-,27+,28+,29+,30-,34+/m1/s1. The SMILES string of the molecule is CCCC(C)N1CC=C[C@]23O[C@@H]4/C=C\CCC(=O)N[C@H](C)[C@@H](c5ccccc5)OC(=O)[C@@H]4[C@H]2C(=O)N([C@@H](CC)CO)[C@@H]3C1=O. The molecule has 2 saturated heterocycles. The van der Waals surface area contributed by atoms with E-state index in [2.05, 4.69) is 12.2 Å². The molecule has 3 amide bonds. The molecule has 5 rings (SSSR count). The number of fused-ring (bicyclic) bond motifs is 2. The number of hydrogen-bond acceptors (Lipinski definition) is 7. The fourth-order valence-corrected chi connectivity index (χ4v) is 7.44. The van der Waals surface area contributed by atoms with Crippen LogP contribution in [0.3, 0.4) is 0 Å². The number of aliphatic hydroxyl groups is 1. The van der Waals surface area contributed by atoms with Crippen molar-refractivity contribution in [3.8, 4) is 0 Å². The lowest BCUT2D eigenvalue weighted by Crippen LogP contribution is -2.59. The number of esters is 1. The highest BCUT2D eigenvalue weighted by Gasteiger charge is 2.72. The topological polar surface area (TPSA) is 125 Å². The minimum absolute atomic E-state index is 0.0740. The number of carbonyl (C=O) groups excluding carboxylic acids is 4. The van der Waals surface area contributed by atoms with Gasteiger partial charge in [0, 0.05) is 19.0 Å². The maximum atomic E-state index is 14.5. The summed E-state index contributed by atoms with van der Waals surface area (Å²) in [6.45, 7) is 7.74. The molecule has 10 heteroatoms. The molecule has 0 saturated carbocycles. The second kappa shape index (κ2) is 13.2. The van der Waals surface area contributed by atoms with Crippen LogP contribution in [-0.4, -0.2) is 87.6 Å². The number of cyclic esters (lactones) is 1. The van der Waals surface area contributed by atoms with Gasteiger partial charge in [0.15, 0.2) is 0 Å². The number of likely N-dealkylation sites (tertiary alicyclic amines) is 1. The van der Waals surface area contributed by atoms with E-state index in [1.165, 1.54) is 4.90 Å². The number of hydrogen-bond donors (Lipinski definition) is 2. The highest BCUT2D eigenvalue weighted by atomic mass is 16.6. The first kappa shape index (κ1) is 31.9. The minimum atomic E-state index is -1.43. The van der Waals surface area contributed by atoms with Gasteiger partial charge in [0.05, 0.1) is 30.7 Å². The third-order valence-corrected chi connectivity index (χ3v) is 9.63. The van der Waals surface area contributed by atoms with Crippen LogP contribution in [0.15, 0.2) is 54.6 Å². The van der Waals surface area contributed by atoms with Crippen molar-refractivity contribution in [2.75, 3.05) is 13.2 Å². The van der Waals surface area contributed by atoms with E-state index in [1.54, 1.807) is 30.1 Å². The first-order valence-corrected chi connectivity index (χ1v) is 16.0.